The average molecular weight is 330 g/mol. The largest absolute Gasteiger partial charge is 0.337 e. The lowest BCUT2D eigenvalue weighted by molar-refractivity contribution is -0.133. The highest BCUT2D eigenvalue weighted by atomic mass is 16.2. The third-order valence-corrected chi connectivity index (χ3v) is 5.38. The van der Waals surface area contributed by atoms with E-state index in [4.69, 9.17) is 0 Å². The van der Waals surface area contributed by atoms with Crippen LogP contribution in [0.2, 0.25) is 0 Å². The molecule has 0 bridgehead atoms. The van der Waals surface area contributed by atoms with Crippen molar-refractivity contribution < 1.29 is 4.79 Å². The predicted octanol–water partition coefficient (Wildman–Crippen LogP) is 2.21. The van der Waals surface area contributed by atoms with Crippen LogP contribution in [0, 0.1) is 13.8 Å². The molecular formula is C18H26N4O2. The normalized spacial score (nSPS) is 21.0. The van der Waals surface area contributed by atoms with Crippen LogP contribution in [0.1, 0.15) is 49.9 Å². The van der Waals surface area contributed by atoms with E-state index in [1.54, 1.807) is 4.68 Å². The summed E-state index contributed by atoms with van der Waals surface area (Å²) in [4.78, 5) is 30.0. The Bertz CT molecular complexity index is 839. The Hall–Kier alpha value is -2.11. The van der Waals surface area contributed by atoms with Crippen molar-refractivity contribution in [3.05, 3.63) is 27.2 Å². The maximum Gasteiger partial charge on any atom is 0.253 e. The first-order valence-electron chi connectivity index (χ1n) is 8.67. The van der Waals surface area contributed by atoms with Gasteiger partial charge in [0.2, 0.25) is 5.91 Å². The summed E-state index contributed by atoms with van der Waals surface area (Å²) in [5, 5.41) is 5.37. The van der Waals surface area contributed by atoms with E-state index in [1.165, 1.54) is 0 Å². The summed E-state index contributed by atoms with van der Waals surface area (Å²) in [6.07, 6.45) is 2.98. The van der Waals surface area contributed by atoms with E-state index in [9.17, 15) is 9.59 Å². The number of H-pyrrole nitrogens is 1. The lowest BCUT2D eigenvalue weighted by Crippen LogP contribution is -2.38. The zero-order valence-electron chi connectivity index (χ0n) is 15.1. The maximum atomic E-state index is 12.6. The molecule has 3 heterocycles. The van der Waals surface area contributed by atoms with Crippen LogP contribution in [0.25, 0.3) is 11.0 Å². The van der Waals surface area contributed by atoms with Crippen LogP contribution in [0.15, 0.2) is 4.79 Å². The third kappa shape index (κ3) is 2.64. The summed E-state index contributed by atoms with van der Waals surface area (Å²) in [6.45, 7) is 8.10. The summed E-state index contributed by atoms with van der Waals surface area (Å²) in [5.74, 6) is 0.148. The molecule has 1 saturated heterocycles. The first-order chi connectivity index (χ1) is 11.3. The topological polar surface area (TPSA) is 71.0 Å². The van der Waals surface area contributed by atoms with Gasteiger partial charge in [0.1, 0.15) is 5.65 Å². The minimum Gasteiger partial charge on any atom is -0.337 e. The van der Waals surface area contributed by atoms with Gasteiger partial charge in [0.15, 0.2) is 0 Å². The summed E-state index contributed by atoms with van der Waals surface area (Å²) in [5.41, 5.74) is 3.17. The zero-order valence-corrected chi connectivity index (χ0v) is 15.1. The molecule has 1 fully saturated rings. The Morgan fingerprint density at radius 3 is 2.50 bits per heavy atom. The van der Waals surface area contributed by atoms with Crippen molar-refractivity contribution in [1.29, 1.82) is 0 Å². The van der Waals surface area contributed by atoms with Gasteiger partial charge in [0.25, 0.3) is 5.56 Å². The first kappa shape index (κ1) is 16.7. The number of aromatic amines is 1. The van der Waals surface area contributed by atoms with E-state index in [-0.39, 0.29) is 11.5 Å². The lowest BCUT2D eigenvalue weighted by Gasteiger charge is -2.26. The molecule has 0 aromatic carbocycles. The number of hydrogen-bond acceptors (Lipinski definition) is 3. The van der Waals surface area contributed by atoms with E-state index in [0.717, 1.165) is 35.1 Å². The molecule has 2 atom stereocenters. The summed E-state index contributed by atoms with van der Waals surface area (Å²) in [6, 6.07) is 0.602. The molecule has 0 saturated carbocycles. The van der Waals surface area contributed by atoms with Gasteiger partial charge in [0.05, 0.1) is 5.69 Å². The number of nitrogens with zero attached hydrogens (tertiary/aromatic N) is 3. The molecule has 6 nitrogen and oxygen atoms in total. The molecule has 1 N–H and O–H groups in total. The molecule has 130 valence electrons. The van der Waals surface area contributed by atoms with Crippen LogP contribution in [-0.2, 0) is 18.3 Å². The summed E-state index contributed by atoms with van der Waals surface area (Å²) >= 11 is 0. The number of carbonyl (C=O) groups excluding carboxylic acids is 1. The van der Waals surface area contributed by atoms with Gasteiger partial charge in [-0.25, -0.2) is 0 Å². The summed E-state index contributed by atoms with van der Waals surface area (Å²) in [7, 11) is 1.82. The van der Waals surface area contributed by atoms with Crippen molar-refractivity contribution in [3.63, 3.8) is 0 Å². The number of aromatic nitrogens is 3. The second kappa shape index (κ2) is 6.07. The number of nitrogens with one attached hydrogen (secondary N) is 1. The smallest absolute Gasteiger partial charge is 0.253 e. The zero-order chi connectivity index (χ0) is 17.6. The Balaban J connectivity index is 1.87. The first-order valence-corrected chi connectivity index (χ1v) is 8.67. The molecule has 3 rings (SSSR count). The highest BCUT2D eigenvalue weighted by Gasteiger charge is 2.31. The standard InChI is InChI=1S/C18H26N4O2/c1-10-6-7-11(2)22(10)15(23)9-8-14-12(3)16-13(4)20-21(5)17(16)19-18(14)24/h10-11H,6-9H2,1-5H3,(H,19,24). The lowest BCUT2D eigenvalue weighted by atomic mass is 10.0. The van der Waals surface area contributed by atoms with Gasteiger partial charge >= 0.3 is 0 Å². The molecule has 2 unspecified atom stereocenters. The van der Waals surface area contributed by atoms with Crippen molar-refractivity contribution in [2.45, 2.75) is 65.5 Å². The van der Waals surface area contributed by atoms with Gasteiger partial charge in [-0.1, -0.05) is 0 Å². The van der Waals surface area contributed by atoms with Crippen LogP contribution in [0.4, 0.5) is 0 Å². The molecule has 2 aromatic heterocycles. The number of rotatable bonds is 3. The SMILES string of the molecule is Cc1nn(C)c2[nH]c(=O)c(CCC(=O)N3C(C)CCC3C)c(C)c12. The van der Waals surface area contributed by atoms with E-state index < -0.39 is 0 Å². The molecule has 1 aliphatic rings. The highest BCUT2D eigenvalue weighted by Crippen LogP contribution is 2.25. The van der Waals surface area contributed by atoms with Gasteiger partial charge in [-0.2, -0.15) is 5.10 Å². The van der Waals surface area contributed by atoms with Crippen LogP contribution >= 0.6 is 0 Å². The molecule has 0 aliphatic carbocycles. The quantitative estimate of drug-likeness (QED) is 0.938. The molecule has 0 spiro atoms. The number of pyridine rings is 1. The fourth-order valence-corrected chi connectivity index (χ4v) is 4.10. The average Bonchev–Trinajstić information content (AvgIpc) is 2.98. The van der Waals surface area contributed by atoms with Gasteiger partial charge in [0, 0.05) is 36.5 Å². The Labute approximate surface area is 141 Å². The highest BCUT2D eigenvalue weighted by molar-refractivity contribution is 5.83. The number of likely N-dealkylation sites (tertiary alicyclic amines) is 1. The van der Waals surface area contributed by atoms with Crippen LogP contribution in [-0.4, -0.2) is 37.7 Å². The maximum absolute atomic E-state index is 12.6. The van der Waals surface area contributed by atoms with Crippen LogP contribution < -0.4 is 5.56 Å². The molecule has 1 aliphatic heterocycles. The van der Waals surface area contributed by atoms with Gasteiger partial charge in [-0.3, -0.25) is 14.3 Å². The van der Waals surface area contributed by atoms with E-state index in [2.05, 4.69) is 23.9 Å². The third-order valence-electron chi connectivity index (χ3n) is 5.38. The minimum absolute atomic E-state index is 0.113. The predicted molar refractivity (Wildman–Crippen MR) is 94.1 cm³/mol. The van der Waals surface area contributed by atoms with Gasteiger partial charge < -0.3 is 9.88 Å². The Morgan fingerprint density at radius 1 is 1.25 bits per heavy atom. The number of carbonyl (C=O) groups is 1. The molecular weight excluding hydrogens is 304 g/mol. The number of aryl methyl sites for hydroxylation is 3. The number of amides is 1. The molecule has 24 heavy (non-hydrogen) atoms. The van der Waals surface area contributed by atoms with Gasteiger partial charge in [-0.05, 0) is 52.5 Å². The fraction of sp³-hybridized carbons (Fsp3) is 0.611. The van der Waals surface area contributed by atoms with Crippen LogP contribution in [0.5, 0.6) is 0 Å². The van der Waals surface area contributed by atoms with Gasteiger partial charge in [-0.15, -0.1) is 0 Å². The fourth-order valence-electron chi connectivity index (χ4n) is 4.10. The molecule has 6 heteroatoms. The Morgan fingerprint density at radius 2 is 1.88 bits per heavy atom. The molecule has 1 amide bonds. The van der Waals surface area contributed by atoms with E-state index in [0.29, 0.717) is 30.5 Å². The minimum atomic E-state index is -0.113. The van der Waals surface area contributed by atoms with Crippen molar-refractivity contribution in [1.82, 2.24) is 19.7 Å². The van der Waals surface area contributed by atoms with Crippen LogP contribution in [0.3, 0.4) is 0 Å². The molecule has 2 aromatic rings. The number of hydrogen-bond donors (Lipinski definition) is 1. The van der Waals surface area contributed by atoms with E-state index >= 15 is 0 Å². The van der Waals surface area contributed by atoms with Crippen molar-refractivity contribution in [2.24, 2.45) is 7.05 Å². The van der Waals surface area contributed by atoms with Crippen molar-refractivity contribution in [3.8, 4) is 0 Å². The van der Waals surface area contributed by atoms with Crippen molar-refractivity contribution in [2.75, 3.05) is 0 Å². The second-order valence-corrected chi connectivity index (χ2v) is 7.07. The molecule has 0 radical (unpaired) electrons. The second-order valence-electron chi connectivity index (χ2n) is 7.07. The monoisotopic (exact) mass is 330 g/mol. The van der Waals surface area contributed by atoms with E-state index in [1.807, 2.05) is 25.8 Å². The summed E-state index contributed by atoms with van der Waals surface area (Å²) < 4.78 is 1.70. The Kier molecular flexibility index (Phi) is 4.24. The number of fused-ring (bicyclic) bond motifs is 1. The van der Waals surface area contributed by atoms with Crippen molar-refractivity contribution >= 4 is 16.9 Å².